The number of nitrogens with zero attached hydrogens (tertiary/aromatic N) is 2. The van der Waals surface area contributed by atoms with Crippen molar-refractivity contribution in [1.29, 1.82) is 0 Å². The van der Waals surface area contributed by atoms with Gasteiger partial charge in [0.15, 0.2) is 0 Å². The largest absolute Gasteiger partial charge is 0.481 e. The van der Waals surface area contributed by atoms with Crippen LogP contribution in [0.15, 0.2) is 6.20 Å². The molecule has 0 saturated heterocycles. The van der Waals surface area contributed by atoms with Crippen molar-refractivity contribution >= 4 is 5.97 Å². The molecule has 4 heteroatoms. The first kappa shape index (κ1) is 10.7. The molecule has 0 amide bonds. The summed E-state index contributed by atoms with van der Waals surface area (Å²) in [6.45, 7) is 5.07. The molecule has 1 aromatic rings. The highest BCUT2D eigenvalue weighted by molar-refractivity contribution is 5.62. The lowest BCUT2D eigenvalue weighted by atomic mass is 10.6. The third-order valence-electron chi connectivity index (χ3n) is 1.23. The van der Waals surface area contributed by atoms with E-state index in [4.69, 9.17) is 9.90 Å². The third-order valence-corrected chi connectivity index (χ3v) is 1.23. The Morgan fingerprint density at radius 3 is 2.08 bits per heavy atom. The third kappa shape index (κ3) is 4.49. The van der Waals surface area contributed by atoms with Crippen LogP contribution in [-0.4, -0.2) is 20.6 Å². The van der Waals surface area contributed by atoms with Crippen molar-refractivity contribution in [3.63, 3.8) is 0 Å². The van der Waals surface area contributed by atoms with Gasteiger partial charge < -0.3 is 9.67 Å². The van der Waals surface area contributed by atoms with Gasteiger partial charge in [-0.05, 0) is 13.8 Å². The van der Waals surface area contributed by atoms with Gasteiger partial charge in [-0.25, -0.2) is 4.98 Å². The molecule has 0 bridgehead atoms. The number of carboxylic acids is 1. The van der Waals surface area contributed by atoms with E-state index < -0.39 is 5.97 Å². The number of aromatic nitrogens is 2. The predicted octanol–water partition coefficient (Wildman–Crippen LogP) is 1.13. The van der Waals surface area contributed by atoms with Crippen LogP contribution in [-0.2, 0) is 11.8 Å². The Hall–Kier alpha value is -1.32. The minimum absolute atomic E-state index is 0.833. The van der Waals surface area contributed by atoms with E-state index >= 15 is 0 Å². The Morgan fingerprint density at radius 1 is 1.58 bits per heavy atom. The minimum atomic E-state index is -0.833. The lowest BCUT2D eigenvalue weighted by Gasteiger charge is -1.87. The SMILES string of the molecule is CC(=O)O.Cc1cn(C)c(C)n1. The van der Waals surface area contributed by atoms with Crippen LogP contribution in [0.25, 0.3) is 0 Å². The van der Waals surface area contributed by atoms with E-state index in [1.165, 1.54) is 0 Å². The van der Waals surface area contributed by atoms with Crippen LogP contribution in [0.3, 0.4) is 0 Å². The summed E-state index contributed by atoms with van der Waals surface area (Å²) in [5.74, 6) is 0.238. The minimum Gasteiger partial charge on any atom is -0.481 e. The summed E-state index contributed by atoms with van der Waals surface area (Å²) in [7, 11) is 2.00. The van der Waals surface area contributed by atoms with E-state index in [1.54, 1.807) is 0 Å². The summed E-state index contributed by atoms with van der Waals surface area (Å²) in [6.07, 6.45) is 2.01. The Kier molecular flexibility index (Phi) is 4.04. The van der Waals surface area contributed by atoms with Gasteiger partial charge in [-0.15, -0.1) is 0 Å². The van der Waals surface area contributed by atoms with Gasteiger partial charge in [0.05, 0.1) is 5.69 Å². The second-order valence-electron chi connectivity index (χ2n) is 2.56. The molecule has 0 aliphatic rings. The number of carboxylic acid groups (broad SMARTS) is 1. The standard InChI is InChI=1S/C6H10N2.C2H4O2/c1-5-4-8(3)6(2)7-5;1-2(3)4/h4H,1-3H3;1H3,(H,3,4). The average molecular weight is 170 g/mol. The van der Waals surface area contributed by atoms with Crippen LogP contribution in [0, 0.1) is 13.8 Å². The van der Waals surface area contributed by atoms with Crippen LogP contribution in [0.1, 0.15) is 18.4 Å². The van der Waals surface area contributed by atoms with Crippen LogP contribution in [0.5, 0.6) is 0 Å². The van der Waals surface area contributed by atoms with Crippen LogP contribution < -0.4 is 0 Å². The van der Waals surface area contributed by atoms with E-state index in [9.17, 15) is 0 Å². The number of hydrogen-bond acceptors (Lipinski definition) is 2. The Balaban J connectivity index is 0.000000261. The normalized spacial score (nSPS) is 8.67. The van der Waals surface area contributed by atoms with Gasteiger partial charge in [-0.2, -0.15) is 0 Å². The summed E-state index contributed by atoms with van der Waals surface area (Å²) >= 11 is 0. The van der Waals surface area contributed by atoms with E-state index in [0.29, 0.717) is 0 Å². The second-order valence-corrected chi connectivity index (χ2v) is 2.56. The lowest BCUT2D eigenvalue weighted by Crippen LogP contribution is -1.86. The van der Waals surface area contributed by atoms with Gasteiger partial charge in [0.25, 0.3) is 5.97 Å². The van der Waals surface area contributed by atoms with Crippen LogP contribution in [0.2, 0.25) is 0 Å². The summed E-state index contributed by atoms with van der Waals surface area (Å²) in [6, 6.07) is 0. The number of aryl methyl sites for hydroxylation is 3. The fraction of sp³-hybridized carbons (Fsp3) is 0.500. The average Bonchev–Trinajstić information content (AvgIpc) is 2.08. The number of aliphatic carboxylic acids is 1. The molecule has 0 aliphatic carbocycles. The summed E-state index contributed by atoms with van der Waals surface area (Å²) in [5.41, 5.74) is 1.09. The molecule has 68 valence electrons. The van der Waals surface area contributed by atoms with E-state index in [-0.39, 0.29) is 0 Å². The zero-order valence-electron chi connectivity index (χ0n) is 7.83. The first-order chi connectivity index (χ1) is 5.43. The first-order valence-electron chi connectivity index (χ1n) is 3.59. The van der Waals surface area contributed by atoms with Gasteiger partial charge in [0.2, 0.25) is 0 Å². The molecule has 12 heavy (non-hydrogen) atoms. The molecule has 1 N–H and O–H groups in total. The first-order valence-corrected chi connectivity index (χ1v) is 3.59. The van der Waals surface area contributed by atoms with Gasteiger partial charge in [0.1, 0.15) is 5.82 Å². The lowest BCUT2D eigenvalue weighted by molar-refractivity contribution is -0.134. The Bertz CT molecular complexity index is 243. The molecule has 0 aliphatic heterocycles. The quantitative estimate of drug-likeness (QED) is 0.635. The Morgan fingerprint density at radius 2 is 2.00 bits per heavy atom. The maximum absolute atomic E-state index is 9.00. The highest BCUT2D eigenvalue weighted by Crippen LogP contribution is 1.95. The molecule has 0 fully saturated rings. The zero-order chi connectivity index (χ0) is 9.72. The highest BCUT2D eigenvalue weighted by atomic mass is 16.4. The smallest absolute Gasteiger partial charge is 0.300 e. The summed E-state index contributed by atoms with van der Waals surface area (Å²) in [5, 5.41) is 7.42. The molecule has 0 radical (unpaired) electrons. The number of hydrogen-bond donors (Lipinski definition) is 1. The molecule has 0 atom stereocenters. The van der Waals surface area contributed by atoms with Crippen LogP contribution >= 0.6 is 0 Å². The van der Waals surface area contributed by atoms with Crippen molar-refractivity contribution in [2.75, 3.05) is 0 Å². The summed E-state index contributed by atoms with van der Waals surface area (Å²) < 4.78 is 2.01. The fourth-order valence-electron chi connectivity index (χ4n) is 0.737. The fourth-order valence-corrected chi connectivity index (χ4v) is 0.737. The number of carbonyl (C=O) groups is 1. The second kappa shape index (κ2) is 4.54. The van der Waals surface area contributed by atoms with E-state index in [2.05, 4.69) is 4.98 Å². The highest BCUT2D eigenvalue weighted by Gasteiger charge is 1.91. The maximum Gasteiger partial charge on any atom is 0.300 e. The predicted molar refractivity (Wildman–Crippen MR) is 46.0 cm³/mol. The van der Waals surface area contributed by atoms with Gasteiger partial charge >= 0.3 is 0 Å². The van der Waals surface area contributed by atoms with Crippen molar-refractivity contribution in [3.8, 4) is 0 Å². The molecular weight excluding hydrogens is 156 g/mol. The molecule has 1 rings (SSSR count). The van der Waals surface area contributed by atoms with Gasteiger partial charge in [0, 0.05) is 20.2 Å². The van der Waals surface area contributed by atoms with Gasteiger partial charge in [-0.3, -0.25) is 4.79 Å². The topological polar surface area (TPSA) is 55.1 Å². The zero-order valence-corrected chi connectivity index (χ0v) is 7.83. The van der Waals surface area contributed by atoms with Gasteiger partial charge in [-0.1, -0.05) is 0 Å². The van der Waals surface area contributed by atoms with Crippen molar-refractivity contribution in [1.82, 2.24) is 9.55 Å². The van der Waals surface area contributed by atoms with Crippen molar-refractivity contribution in [3.05, 3.63) is 17.7 Å². The molecule has 0 saturated carbocycles. The van der Waals surface area contributed by atoms with Crippen molar-refractivity contribution in [2.45, 2.75) is 20.8 Å². The Labute approximate surface area is 71.9 Å². The molecule has 1 aromatic heterocycles. The molecule has 4 nitrogen and oxygen atoms in total. The number of imidazole rings is 1. The van der Waals surface area contributed by atoms with Crippen molar-refractivity contribution < 1.29 is 9.90 Å². The molecule has 0 aromatic carbocycles. The van der Waals surface area contributed by atoms with Crippen LogP contribution in [0.4, 0.5) is 0 Å². The molecular formula is C8H14N2O2. The van der Waals surface area contributed by atoms with E-state index in [1.807, 2.05) is 31.7 Å². The molecule has 0 spiro atoms. The van der Waals surface area contributed by atoms with Crippen molar-refractivity contribution in [2.24, 2.45) is 7.05 Å². The van der Waals surface area contributed by atoms with E-state index in [0.717, 1.165) is 18.4 Å². The molecule has 0 unspecified atom stereocenters. The monoisotopic (exact) mass is 170 g/mol. The number of rotatable bonds is 0. The maximum atomic E-state index is 9.00. The summed E-state index contributed by atoms with van der Waals surface area (Å²) in [4.78, 5) is 13.2. The molecule has 1 heterocycles.